The summed E-state index contributed by atoms with van der Waals surface area (Å²) in [5.41, 5.74) is 14.6. The number of benzene rings is 9. The summed E-state index contributed by atoms with van der Waals surface area (Å²) in [5, 5.41) is 4.66. The van der Waals surface area contributed by atoms with Gasteiger partial charge in [0.2, 0.25) is 0 Å². The highest BCUT2D eigenvalue weighted by Gasteiger charge is 2.20. The van der Waals surface area contributed by atoms with Crippen LogP contribution in [0.4, 0.5) is 17.1 Å². The molecule has 9 aromatic carbocycles. The highest BCUT2D eigenvalue weighted by atomic mass is 16.3. The molecule has 0 unspecified atom stereocenters. The number of furan rings is 1. The number of hydrogen-bond donors (Lipinski definition) is 0. The minimum absolute atomic E-state index is 0.870. The molecule has 0 spiro atoms. The Bertz CT molecular complexity index is 2890. The van der Waals surface area contributed by atoms with E-state index < -0.39 is 0 Å². The van der Waals surface area contributed by atoms with E-state index in [9.17, 15) is 0 Å². The van der Waals surface area contributed by atoms with E-state index >= 15 is 0 Å². The lowest BCUT2D eigenvalue weighted by Crippen LogP contribution is -2.10. The predicted octanol–water partition coefficient (Wildman–Crippen LogP) is 14.9. The summed E-state index contributed by atoms with van der Waals surface area (Å²) in [6.07, 6.45) is 0. The Morgan fingerprint density at radius 3 is 1.33 bits per heavy atom. The van der Waals surface area contributed by atoms with Crippen molar-refractivity contribution in [3.05, 3.63) is 212 Å². The maximum absolute atomic E-state index is 6.37. The van der Waals surface area contributed by atoms with Gasteiger partial charge in [0, 0.05) is 16.8 Å². The normalized spacial score (nSPS) is 11.3. The quantitative estimate of drug-likeness (QED) is 0.166. The van der Waals surface area contributed by atoms with Crippen LogP contribution in [0.1, 0.15) is 0 Å². The molecular formula is C52H35NO. The largest absolute Gasteiger partial charge is 0.456 e. The van der Waals surface area contributed by atoms with Crippen molar-refractivity contribution in [3.63, 3.8) is 0 Å². The number of hydrogen-bond acceptors (Lipinski definition) is 2. The summed E-state index contributed by atoms with van der Waals surface area (Å²) in [4.78, 5) is 2.36. The zero-order valence-electron chi connectivity index (χ0n) is 29.6. The van der Waals surface area contributed by atoms with Crippen LogP contribution >= 0.6 is 0 Å². The number of rotatable bonds is 7. The van der Waals surface area contributed by atoms with Gasteiger partial charge >= 0.3 is 0 Å². The Hall–Kier alpha value is -7.16. The summed E-state index contributed by atoms with van der Waals surface area (Å²) in [6, 6.07) is 75.9. The number of nitrogens with zero attached hydrogens (tertiary/aromatic N) is 1. The van der Waals surface area contributed by atoms with Crippen LogP contribution in [0, 0.1) is 0 Å². The Morgan fingerprint density at radius 1 is 0.315 bits per heavy atom. The van der Waals surface area contributed by atoms with Crippen LogP contribution in [0.3, 0.4) is 0 Å². The Kier molecular flexibility index (Phi) is 7.85. The highest BCUT2D eigenvalue weighted by Crippen LogP contribution is 2.44. The lowest BCUT2D eigenvalue weighted by Gasteiger charge is -2.27. The Morgan fingerprint density at radius 2 is 0.741 bits per heavy atom. The van der Waals surface area contributed by atoms with Crippen molar-refractivity contribution in [3.8, 4) is 44.5 Å². The minimum atomic E-state index is 0.870. The molecule has 0 saturated heterocycles. The fraction of sp³-hybridized carbons (Fsp3) is 0. The molecular weight excluding hydrogens is 655 g/mol. The molecule has 2 nitrogen and oxygen atoms in total. The number of para-hydroxylation sites is 1. The van der Waals surface area contributed by atoms with Crippen molar-refractivity contribution < 1.29 is 4.42 Å². The molecule has 0 bridgehead atoms. The van der Waals surface area contributed by atoms with Crippen molar-refractivity contribution in [2.75, 3.05) is 4.90 Å². The van der Waals surface area contributed by atoms with E-state index in [1.807, 2.05) is 12.1 Å². The van der Waals surface area contributed by atoms with Crippen molar-refractivity contribution in [2.45, 2.75) is 0 Å². The molecule has 2 heteroatoms. The number of fused-ring (bicyclic) bond motifs is 4. The van der Waals surface area contributed by atoms with E-state index in [1.165, 1.54) is 55.3 Å². The molecule has 254 valence electrons. The fourth-order valence-electron chi connectivity index (χ4n) is 7.78. The standard InChI is InChI=1S/C52H35NO/c1-3-12-36(13-4-1)37-22-24-38(25-23-37)39-26-30-44(31-27-39)53(49-19-11-21-51-52(49)46-18-9-10-20-50(46)54-51)45-32-28-41(29-33-45)48-35-43-17-8-7-16-42(43)34-47(48)40-14-5-2-6-15-40/h1-35H. The second-order valence-corrected chi connectivity index (χ2v) is 13.7. The Balaban J connectivity index is 1.08. The lowest BCUT2D eigenvalue weighted by atomic mass is 9.91. The first-order valence-electron chi connectivity index (χ1n) is 18.4. The third-order valence-electron chi connectivity index (χ3n) is 10.5. The van der Waals surface area contributed by atoms with Gasteiger partial charge in [0.05, 0.1) is 11.1 Å². The van der Waals surface area contributed by atoms with Gasteiger partial charge < -0.3 is 9.32 Å². The van der Waals surface area contributed by atoms with Crippen LogP contribution in [0.2, 0.25) is 0 Å². The topological polar surface area (TPSA) is 16.4 Å². The molecule has 10 rings (SSSR count). The maximum atomic E-state index is 6.37. The predicted molar refractivity (Wildman–Crippen MR) is 228 cm³/mol. The van der Waals surface area contributed by atoms with Gasteiger partial charge in [-0.2, -0.15) is 0 Å². The summed E-state index contributed by atoms with van der Waals surface area (Å²) >= 11 is 0. The summed E-state index contributed by atoms with van der Waals surface area (Å²) in [5.74, 6) is 0. The van der Waals surface area contributed by atoms with Crippen molar-refractivity contribution in [1.29, 1.82) is 0 Å². The smallest absolute Gasteiger partial charge is 0.137 e. The van der Waals surface area contributed by atoms with Crippen LogP contribution in [-0.2, 0) is 0 Å². The second kappa shape index (κ2) is 13.4. The van der Waals surface area contributed by atoms with E-state index in [0.717, 1.165) is 39.0 Å². The molecule has 10 aromatic rings. The van der Waals surface area contributed by atoms with Crippen molar-refractivity contribution in [2.24, 2.45) is 0 Å². The molecule has 0 amide bonds. The maximum Gasteiger partial charge on any atom is 0.137 e. The van der Waals surface area contributed by atoms with E-state index in [-0.39, 0.29) is 0 Å². The molecule has 54 heavy (non-hydrogen) atoms. The molecule has 0 aliphatic rings. The second-order valence-electron chi connectivity index (χ2n) is 13.7. The first-order chi connectivity index (χ1) is 26.8. The third-order valence-corrected chi connectivity index (χ3v) is 10.5. The SMILES string of the molecule is c1ccc(-c2ccc(-c3ccc(N(c4ccc(-c5cc6ccccc6cc5-c5ccccc5)cc4)c4cccc5oc6ccccc6c45)cc3)cc2)cc1. The van der Waals surface area contributed by atoms with Gasteiger partial charge in [-0.15, -0.1) is 0 Å². The lowest BCUT2D eigenvalue weighted by molar-refractivity contribution is 0.669. The van der Waals surface area contributed by atoms with E-state index in [2.05, 4.69) is 205 Å². The van der Waals surface area contributed by atoms with Crippen molar-refractivity contribution in [1.82, 2.24) is 0 Å². The van der Waals surface area contributed by atoms with Crippen LogP contribution in [-0.4, -0.2) is 0 Å². The minimum Gasteiger partial charge on any atom is -0.456 e. The molecule has 0 N–H and O–H groups in total. The van der Waals surface area contributed by atoms with Crippen molar-refractivity contribution >= 4 is 49.8 Å². The summed E-state index contributed by atoms with van der Waals surface area (Å²) < 4.78 is 6.37. The average molecular weight is 690 g/mol. The van der Waals surface area contributed by atoms with Gasteiger partial charge in [-0.25, -0.2) is 0 Å². The highest BCUT2D eigenvalue weighted by molar-refractivity contribution is 6.13. The van der Waals surface area contributed by atoms with Crippen LogP contribution in [0.15, 0.2) is 217 Å². The first kappa shape index (κ1) is 31.6. The van der Waals surface area contributed by atoms with Gasteiger partial charge in [-0.05, 0) is 110 Å². The molecule has 1 heterocycles. The molecule has 0 atom stereocenters. The number of anilines is 3. The zero-order valence-corrected chi connectivity index (χ0v) is 29.6. The van der Waals surface area contributed by atoms with Gasteiger partial charge in [0.15, 0.2) is 0 Å². The van der Waals surface area contributed by atoms with E-state index in [1.54, 1.807) is 0 Å². The molecule has 0 aliphatic heterocycles. The van der Waals surface area contributed by atoms with E-state index in [0.29, 0.717) is 0 Å². The van der Waals surface area contributed by atoms with Crippen LogP contribution in [0.25, 0.3) is 77.2 Å². The third kappa shape index (κ3) is 5.71. The van der Waals surface area contributed by atoms with Gasteiger partial charge in [-0.3, -0.25) is 0 Å². The zero-order chi connectivity index (χ0) is 35.8. The van der Waals surface area contributed by atoms with Gasteiger partial charge in [0.25, 0.3) is 0 Å². The monoisotopic (exact) mass is 689 g/mol. The van der Waals surface area contributed by atoms with E-state index in [4.69, 9.17) is 4.42 Å². The fourth-order valence-corrected chi connectivity index (χ4v) is 7.78. The molecule has 1 aromatic heterocycles. The molecule has 0 fully saturated rings. The average Bonchev–Trinajstić information content (AvgIpc) is 3.64. The van der Waals surface area contributed by atoms with Gasteiger partial charge in [0.1, 0.15) is 11.2 Å². The summed E-state index contributed by atoms with van der Waals surface area (Å²) in [7, 11) is 0. The van der Waals surface area contributed by atoms with Crippen LogP contribution in [0.5, 0.6) is 0 Å². The summed E-state index contributed by atoms with van der Waals surface area (Å²) in [6.45, 7) is 0. The molecule has 0 saturated carbocycles. The molecule has 0 radical (unpaired) electrons. The van der Waals surface area contributed by atoms with Crippen LogP contribution < -0.4 is 4.90 Å². The first-order valence-corrected chi connectivity index (χ1v) is 18.4. The Labute approximate surface area is 314 Å². The molecule has 0 aliphatic carbocycles. The van der Waals surface area contributed by atoms with Gasteiger partial charge in [-0.1, -0.05) is 158 Å².